The van der Waals surface area contributed by atoms with Gasteiger partial charge in [-0.3, -0.25) is 13.9 Å². The number of carbonyl (C=O) groups is 2. The van der Waals surface area contributed by atoms with Crippen LogP contribution >= 0.6 is 0 Å². The second-order valence-corrected chi connectivity index (χ2v) is 12.9. The van der Waals surface area contributed by atoms with E-state index < -0.39 is 34.1 Å². The number of carbonyl (C=O) groups excluding carboxylic acids is 2. The van der Waals surface area contributed by atoms with Crippen molar-refractivity contribution in [1.29, 1.82) is 0 Å². The number of anilines is 1. The molecule has 0 bridgehead atoms. The lowest BCUT2D eigenvalue weighted by Crippen LogP contribution is -2.54. The molecular formula is C31H39N3O4S. The zero-order valence-corrected chi connectivity index (χ0v) is 24.7. The SMILES string of the molecule is Cc1ccc(S(=O)(=O)N(CC(=O)N(Cc2ccccc2)[C@@H](C)C(=O)NC(C)(C)C)c2cc(C)ccc2C)cc1. The van der Waals surface area contributed by atoms with Crippen LogP contribution in [0.4, 0.5) is 5.69 Å². The van der Waals surface area contributed by atoms with Gasteiger partial charge < -0.3 is 10.2 Å². The van der Waals surface area contributed by atoms with Crippen LogP contribution in [0.5, 0.6) is 0 Å². The van der Waals surface area contributed by atoms with Gasteiger partial charge in [-0.1, -0.05) is 60.2 Å². The van der Waals surface area contributed by atoms with Gasteiger partial charge in [0.1, 0.15) is 12.6 Å². The summed E-state index contributed by atoms with van der Waals surface area (Å²) in [6, 6.07) is 20.6. The average molecular weight is 550 g/mol. The Labute approximate surface area is 232 Å². The summed E-state index contributed by atoms with van der Waals surface area (Å²) in [6.07, 6.45) is 0. The Morgan fingerprint density at radius 2 is 1.46 bits per heavy atom. The quantitative estimate of drug-likeness (QED) is 0.401. The predicted molar refractivity (Wildman–Crippen MR) is 156 cm³/mol. The van der Waals surface area contributed by atoms with Gasteiger partial charge in [0, 0.05) is 12.1 Å². The minimum Gasteiger partial charge on any atom is -0.350 e. The van der Waals surface area contributed by atoms with Crippen LogP contribution in [-0.4, -0.2) is 43.3 Å². The van der Waals surface area contributed by atoms with Gasteiger partial charge in [0.15, 0.2) is 0 Å². The average Bonchev–Trinajstić information content (AvgIpc) is 2.86. The number of nitrogens with one attached hydrogen (secondary N) is 1. The molecule has 0 heterocycles. The summed E-state index contributed by atoms with van der Waals surface area (Å²) < 4.78 is 29.1. The molecule has 3 aromatic carbocycles. The van der Waals surface area contributed by atoms with E-state index >= 15 is 0 Å². The van der Waals surface area contributed by atoms with E-state index in [1.165, 1.54) is 4.90 Å². The standard InChI is InChI=1S/C31H39N3O4S/c1-22-14-17-27(18-15-22)39(37,38)34(28-19-23(2)13-16-24(28)3)21-29(35)33(20-26-11-9-8-10-12-26)25(4)30(36)32-31(5,6)7/h8-19,25H,20-21H2,1-7H3,(H,32,36)/t25-/m0/s1. The minimum atomic E-state index is -4.10. The number of benzene rings is 3. The van der Waals surface area contributed by atoms with Crippen molar-refractivity contribution in [3.05, 3.63) is 95.1 Å². The molecule has 0 saturated carbocycles. The Hall–Kier alpha value is -3.65. The Bertz CT molecular complexity index is 1410. The van der Waals surface area contributed by atoms with Crippen LogP contribution in [0.25, 0.3) is 0 Å². The number of amides is 2. The molecule has 0 aliphatic carbocycles. The first-order valence-corrected chi connectivity index (χ1v) is 14.4. The molecule has 0 aliphatic heterocycles. The Kier molecular flexibility index (Phi) is 9.22. The number of hydrogen-bond acceptors (Lipinski definition) is 4. The number of aryl methyl sites for hydroxylation is 3. The van der Waals surface area contributed by atoms with Crippen molar-refractivity contribution in [2.45, 2.75) is 71.5 Å². The molecule has 0 aliphatic rings. The molecule has 0 unspecified atom stereocenters. The van der Waals surface area contributed by atoms with E-state index in [4.69, 9.17) is 0 Å². The van der Waals surface area contributed by atoms with Crippen molar-refractivity contribution in [3.8, 4) is 0 Å². The molecule has 0 radical (unpaired) electrons. The van der Waals surface area contributed by atoms with Crippen LogP contribution in [0.2, 0.25) is 0 Å². The summed E-state index contributed by atoms with van der Waals surface area (Å²) in [6.45, 7) is 12.6. The third-order valence-corrected chi connectivity index (χ3v) is 8.16. The van der Waals surface area contributed by atoms with Crippen molar-refractivity contribution in [2.75, 3.05) is 10.8 Å². The maximum Gasteiger partial charge on any atom is 0.264 e. The molecule has 0 saturated heterocycles. The molecule has 8 heteroatoms. The van der Waals surface area contributed by atoms with Gasteiger partial charge in [0.2, 0.25) is 11.8 Å². The molecular weight excluding hydrogens is 510 g/mol. The number of rotatable bonds is 9. The van der Waals surface area contributed by atoms with E-state index in [1.807, 2.05) is 84.0 Å². The van der Waals surface area contributed by atoms with Crippen LogP contribution in [0.15, 0.2) is 77.7 Å². The minimum absolute atomic E-state index is 0.0925. The van der Waals surface area contributed by atoms with E-state index in [2.05, 4.69) is 5.32 Å². The molecule has 3 aromatic rings. The topological polar surface area (TPSA) is 86.8 Å². The van der Waals surface area contributed by atoms with Gasteiger partial charge in [0.25, 0.3) is 10.0 Å². The Balaban J connectivity index is 2.07. The summed E-state index contributed by atoms with van der Waals surface area (Å²) in [4.78, 5) is 28.7. The molecule has 39 heavy (non-hydrogen) atoms. The van der Waals surface area contributed by atoms with Gasteiger partial charge in [-0.2, -0.15) is 0 Å². The Morgan fingerprint density at radius 1 is 0.872 bits per heavy atom. The lowest BCUT2D eigenvalue weighted by molar-refractivity contribution is -0.140. The van der Waals surface area contributed by atoms with Crippen LogP contribution < -0.4 is 9.62 Å². The third kappa shape index (κ3) is 7.69. The molecule has 0 fully saturated rings. The molecule has 1 atom stereocenters. The molecule has 0 spiro atoms. The van der Waals surface area contributed by atoms with Gasteiger partial charge in [-0.05, 0) is 83.4 Å². The first kappa shape index (κ1) is 29.9. The normalized spacial score (nSPS) is 12.5. The fraction of sp³-hybridized carbons (Fsp3) is 0.355. The monoisotopic (exact) mass is 549 g/mol. The van der Waals surface area contributed by atoms with Crippen molar-refractivity contribution >= 4 is 27.5 Å². The molecule has 3 rings (SSSR count). The first-order chi connectivity index (χ1) is 18.2. The lowest BCUT2D eigenvalue weighted by atomic mass is 10.1. The maximum atomic E-state index is 14.0. The molecule has 2 amide bonds. The van der Waals surface area contributed by atoms with Crippen LogP contribution in [-0.2, 0) is 26.2 Å². The second kappa shape index (κ2) is 12.0. The summed E-state index contributed by atoms with van der Waals surface area (Å²) in [5.41, 5.74) is 3.28. The van der Waals surface area contributed by atoms with Crippen molar-refractivity contribution in [1.82, 2.24) is 10.2 Å². The van der Waals surface area contributed by atoms with Crippen LogP contribution in [0, 0.1) is 20.8 Å². The van der Waals surface area contributed by atoms with Crippen molar-refractivity contribution in [2.24, 2.45) is 0 Å². The predicted octanol–water partition coefficient (Wildman–Crippen LogP) is 5.14. The second-order valence-electron chi connectivity index (χ2n) is 11.0. The van der Waals surface area contributed by atoms with Crippen LogP contribution in [0.1, 0.15) is 49.9 Å². The summed E-state index contributed by atoms with van der Waals surface area (Å²) in [5.74, 6) is -0.793. The lowest BCUT2D eigenvalue weighted by Gasteiger charge is -2.34. The number of hydrogen-bond donors (Lipinski definition) is 1. The van der Waals surface area contributed by atoms with E-state index in [0.29, 0.717) is 5.69 Å². The van der Waals surface area contributed by atoms with E-state index in [9.17, 15) is 18.0 Å². The highest BCUT2D eigenvalue weighted by atomic mass is 32.2. The van der Waals surface area contributed by atoms with E-state index in [0.717, 1.165) is 26.6 Å². The highest BCUT2D eigenvalue weighted by Crippen LogP contribution is 2.28. The molecule has 0 aromatic heterocycles. The smallest absolute Gasteiger partial charge is 0.264 e. The fourth-order valence-corrected chi connectivity index (χ4v) is 5.65. The van der Waals surface area contributed by atoms with Crippen LogP contribution in [0.3, 0.4) is 0 Å². The third-order valence-electron chi connectivity index (χ3n) is 6.38. The van der Waals surface area contributed by atoms with E-state index in [-0.39, 0.29) is 17.3 Å². The molecule has 208 valence electrons. The number of sulfonamides is 1. The fourth-order valence-electron chi connectivity index (χ4n) is 4.18. The Morgan fingerprint density at radius 3 is 2.05 bits per heavy atom. The zero-order chi connectivity index (χ0) is 29.0. The van der Waals surface area contributed by atoms with Gasteiger partial charge in [-0.15, -0.1) is 0 Å². The highest BCUT2D eigenvalue weighted by molar-refractivity contribution is 7.92. The van der Waals surface area contributed by atoms with Crippen molar-refractivity contribution in [3.63, 3.8) is 0 Å². The summed E-state index contributed by atoms with van der Waals surface area (Å²) in [7, 11) is -4.10. The maximum absolute atomic E-state index is 14.0. The first-order valence-electron chi connectivity index (χ1n) is 13.0. The van der Waals surface area contributed by atoms with Gasteiger partial charge in [0.05, 0.1) is 10.6 Å². The highest BCUT2D eigenvalue weighted by Gasteiger charge is 2.33. The van der Waals surface area contributed by atoms with Gasteiger partial charge >= 0.3 is 0 Å². The van der Waals surface area contributed by atoms with Gasteiger partial charge in [-0.25, -0.2) is 8.42 Å². The zero-order valence-electron chi connectivity index (χ0n) is 23.9. The summed E-state index contributed by atoms with van der Waals surface area (Å²) >= 11 is 0. The number of nitrogens with zero attached hydrogens (tertiary/aromatic N) is 2. The summed E-state index contributed by atoms with van der Waals surface area (Å²) in [5, 5.41) is 2.94. The van der Waals surface area contributed by atoms with Crippen molar-refractivity contribution < 1.29 is 18.0 Å². The molecule has 7 nitrogen and oxygen atoms in total. The largest absolute Gasteiger partial charge is 0.350 e. The van der Waals surface area contributed by atoms with E-state index in [1.54, 1.807) is 37.3 Å². The molecule has 1 N–H and O–H groups in total.